The number of benzene rings is 2. The number of carbonyl (C=O) groups is 3. The molecule has 0 bridgehead atoms. The summed E-state index contributed by atoms with van der Waals surface area (Å²) in [6.07, 6.45) is 3.68. The molecule has 1 aromatic heterocycles. The van der Waals surface area contributed by atoms with Gasteiger partial charge in [-0.15, -0.1) is 0 Å². The molecular formula is C27H27N3O5. The predicted molar refractivity (Wildman–Crippen MR) is 130 cm³/mol. The summed E-state index contributed by atoms with van der Waals surface area (Å²) in [4.78, 5) is 40.4. The standard InChI is InChI=1S/C26H25N3O3.CH2O2/c1-18-9-11-20(12-10-18)26(13-16-32-22-7-3-14-27-24(22)26)28-25(31)19-5-2-6-21(17-19)29-15-4-8-23(29)30;2-1-3/h2-3,5-7,9-12,14,17H,4,8,13,15-16H2,1H3,(H,28,31);1H,(H,2,3)/t26-;/m0./s1. The van der Waals surface area contributed by atoms with Crippen molar-refractivity contribution in [3.05, 3.63) is 89.2 Å². The van der Waals surface area contributed by atoms with Crippen molar-refractivity contribution in [2.75, 3.05) is 18.1 Å². The highest BCUT2D eigenvalue weighted by atomic mass is 16.5. The second kappa shape index (κ2) is 10.4. The highest BCUT2D eigenvalue weighted by molar-refractivity contribution is 5.99. The lowest BCUT2D eigenvalue weighted by atomic mass is 9.81. The van der Waals surface area contributed by atoms with Crippen LogP contribution in [0.2, 0.25) is 0 Å². The number of carbonyl (C=O) groups excluding carboxylic acids is 2. The third-order valence-corrected chi connectivity index (χ3v) is 6.27. The molecule has 0 aliphatic carbocycles. The van der Waals surface area contributed by atoms with Crippen molar-refractivity contribution in [2.24, 2.45) is 0 Å². The van der Waals surface area contributed by atoms with Crippen molar-refractivity contribution in [3.8, 4) is 5.75 Å². The van der Waals surface area contributed by atoms with Gasteiger partial charge in [-0.05, 0) is 49.2 Å². The van der Waals surface area contributed by atoms with Crippen molar-refractivity contribution in [3.63, 3.8) is 0 Å². The minimum absolute atomic E-state index is 0.0984. The fourth-order valence-electron chi connectivity index (χ4n) is 4.58. The Morgan fingerprint density at radius 2 is 1.94 bits per heavy atom. The van der Waals surface area contributed by atoms with Gasteiger partial charge in [-0.25, -0.2) is 0 Å². The van der Waals surface area contributed by atoms with Crippen LogP contribution in [-0.2, 0) is 15.1 Å². The quantitative estimate of drug-likeness (QED) is 0.560. The van der Waals surface area contributed by atoms with E-state index < -0.39 is 5.54 Å². The summed E-state index contributed by atoms with van der Waals surface area (Å²) in [5.74, 6) is 0.565. The second-order valence-corrected chi connectivity index (χ2v) is 8.48. The first kappa shape index (κ1) is 23.9. The van der Waals surface area contributed by atoms with E-state index >= 15 is 0 Å². The van der Waals surface area contributed by atoms with Crippen LogP contribution in [-0.4, -0.2) is 41.5 Å². The van der Waals surface area contributed by atoms with Crippen LogP contribution >= 0.6 is 0 Å². The van der Waals surface area contributed by atoms with Crippen LogP contribution in [0.4, 0.5) is 5.69 Å². The molecule has 1 atom stereocenters. The van der Waals surface area contributed by atoms with Gasteiger partial charge in [0.2, 0.25) is 5.91 Å². The van der Waals surface area contributed by atoms with Crippen molar-refractivity contribution >= 4 is 24.0 Å². The number of hydrogen-bond acceptors (Lipinski definition) is 5. The van der Waals surface area contributed by atoms with Gasteiger partial charge in [-0.2, -0.15) is 0 Å². The normalized spacial score (nSPS) is 18.5. The number of amides is 2. The Balaban J connectivity index is 0.000000917. The van der Waals surface area contributed by atoms with Crippen molar-refractivity contribution in [2.45, 2.75) is 31.7 Å². The van der Waals surface area contributed by atoms with E-state index in [2.05, 4.69) is 10.3 Å². The van der Waals surface area contributed by atoms with Crippen LogP contribution in [0.5, 0.6) is 5.75 Å². The monoisotopic (exact) mass is 473 g/mol. The van der Waals surface area contributed by atoms with Gasteiger partial charge in [0.1, 0.15) is 17.0 Å². The minimum Gasteiger partial charge on any atom is -0.491 e. The van der Waals surface area contributed by atoms with Crippen LogP contribution in [0, 0.1) is 6.92 Å². The minimum atomic E-state index is -0.806. The molecule has 2 aliphatic heterocycles. The molecule has 0 saturated carbocycles. The summed E-state index contributed by atoms with van der Waals surface area (Å²) >= 11 is 0. The van der Waals surface area contributed by atoms with Gasteiger partial charge >= 0.3 is 0 Å². The molecule has 3 aromatic rings. The summed E-state index contributed by atoms with van der Waals surface area (Å²) < 4.78 is 5.85. The highest BCUT2D eigenvalue weighted by Gasteiger charge is 2.42. The summed E-state index contributed by atoms with van der Waals surface area (Å²) in [6, 6.07) is 19.2. The van der Waals surface area contributed by atoms with E-state index in [1.165, 1.54) is 0 Å². The first-order valence-corrected chi connectivity index (χ1v) is 11.4. The Kier molecular flexibility index (Phi) is 7.10. The van der Waals surface area contributed by atoms with Gasteiger partial charge in [0.05, 0.1) is 6.61 Å². The molecule has 0 unspecified atom stereocenters. The van der Waals surface area contributed by atoms with Gasteiger partial charge < -0.3 is 20.1 Å². The number of ether oxygens (including phenoxy) is 1. The van der Waals surface area contributed by atoms with E-state index in [0.717, 1.165) is 23.2 Å². The van der Waals surface area contributed by atoms with Gasteiger partial charge in [0.15, 0.2) is 0 Å². The van der Waals surface area contributed by atoms with Crippen molar-refractivity contribution in [1.82, 2.24) is 10.3 Å². The highest BCUT2D eigenvalue weighted by Crippen LogP contribution is 2.40. The third kappa shape index (κ3) is 4.87. The Morgan fingerprint density at radius 1 is 1.17 bits per heavy atom. The van der Waals surface area contributed by atoms with Crippen LogP contribution in [0.25, 0.3) is 0 Å². The van der Waals surface area contributed by atoms with Crippen LogP contribution < -0.4 is 15.0 Å². The maximum absolute atomic E-state index is 13.5. The maximum atomic E-state index is 13.5. The van der Waals surface area contributed by atoms with E-state index in [9.17, 15) is 9.59 Å². The zero-order chi connectivity index (χ0) is 24.8. The topological polar surface area (TPSA) is 109 Å². The number of carboxylic acid groups (broad SMARTS) is 1. The van der Waals surface area contributed by atoms with E-state index in [4.69, 9.17) is 14.6 Å². The molecule has 2 N–H and O–H groups in total. The third-order valence-electron chi connectivity index (χ3n) is 6.27. The van der Waals surface area contributed by atoms with E-state index in [0.29, 0.717) is 43.0 Å². The number of pyridine rings is 1. The SMILES string of the molecule is Cc1ccc([C@@]2(NC(=O)c3cccc(N4CCCC4=O)c3)CCOc3cccnc32)cc1.O=CO. The van der Waals surface area contributed by atoms with Gasteiger partial charge in [0, 0.05) is 36.8 Å². The molecule has 2 aromatic carbocycles. The fraction of sp³-hybridized carbons (Fsp3) is 0.259. The first-order chi connectivity index (χ1) is 17.0. The number of aromatic nitrogens is 1. The molecule has 1 fully saturated rings. The molecule has 2 aliphatic rings. The lowest BCUT2D eigenvalue weighted by Crippen LogP contribution is -2.50. The molecule has 2 amide bonds. The molecule has 8 heteroatoms. The van der Waals surface area contributed by atoms with E-state index in [-0.39, 0.29) is 18.3 Å². The zero-order valence-corrected chi connectivity index (χ0v) is 19.4. The lowest BCUT2D eigenvalue weighted by molar-refractivity contribution is -0.123. The molecule has 3 heterocycles. The smallest absolute Gasteiger partial charge is 0.290 e. The zero-order valence-electron chi connectivity index (χ0n) is 19.4. The van der Waals surface area contributed by atoms with Crippen LogP contribution in [0.1, 0.15) is 46.4 Å². The van der Waals surface area contributed by atoms with Crippen molar-refractivity contribution in [1.29, 1.82) is 0 Å². The largest absolute Gasteiger partial charge is 0.491 e. The van der Waals surface area contributed by atoms with Gasteiger partial charge in [0.25, 0.3) is 12.4 Å². The molecule has 8 nitrogen and oxygen atoms in total. The van der Waals surface area contributed by atoms with Gasteiger partial charge in [-0.3, -0.25) is 19.4 Å². The predicted octanol–water partition coefficient (Wildman–Crippen LogP) is 3.67. The number of aryl methyl sites for hydroxylation is 1. The average Bonchev–Trinajstić information content (AvgIpc) is 3.31. The summed E-state index contributed by atoms with van der Waals surface area (Å²) in [5.41, 5.74) is 3.28. The fourth-order valence-corrected chi connectivity index (χ4v) is 4.58. The Labute approximate surface area is 203 Å². The van der Waals surface area contributed by atoms with Crippen LogP contribution in [0.15, 0.2) is 66.9 Å². The Morgan fingerprint density at radius 3 is 2.66 bits per heavy atom. The summed E-state index contributed by atoms with van der Waals surface area (Å²) in [6.45, 7) is 2.94. The molecule has 35 heavy (non-hydrogen) atoms. The first-order valence-electron chi connectivity index (χ1n) is 11.4. The number of nitrogens with zero attached hydrogens (tertiary/aromatic N) is 2. The van der Waals surface area contributed by atoms with Crippen molar-refractivity contribution < 1.29 is 24.2 Å². The van der Waals surface area contributed by atoms with Gasteiger partial charge in [-0.1, -0.05) is 35.9 Å². The molecule has 180 valence electrons. The average molecular weight is 474 g/mol. The van der Waals surface area contributed by atoms with Crippen LogP contribution in [0.3, 0.4) is 0 Å². The number of fused-ring (bicyclic) bond motifs is 1. The molecule has 0 radical (unpaired) electrons. The molecular weight excluding hydrogens is 446 g/mol. The summed E-state index contributed by atoms with van der Waals surface area (Å²) in [7, 11) is 0. The lowest BCUT2D eigenvalue weighted by Gasteiger charge is -2.39. The van der Waals surface area contributed by atoms with E-state index in [1.807, 2.05) is 55.5 Å². The number of rotatable bonds is 4. The number of anilines is 1. The van der Waals surface area contributed by atoms with E-state index in [1.54, 1.807) is 23.2 Å². The molecule has 5 rings (SSSR count). The Hall–Kier alpha value is -4.20. The Bertz CT molecular complexity index is 1230. The number of hydrogen-bond donors (Lipinski definition) is 2. The number of nitrogens with one attached hydrogen (secondary N) is 1. The maximum Gasteiger partial charge on any atom is 0.290 e. The second-order valence-electron chi connectivity index (χ2n) is 8.48. The molecule has 0 spiro atoms. The molecule has 1 saturated heterocycles. The summed E-state index contributed by atoms with van der Waals surface area (Å²) in [5, 5.41) is 10.2.